The summed E-state index contributed by atoms with van der Waals surface area (Å²) in [5, 5.41) is 23.3. The largest absolute Gasteiger partial charge is 0.480 e. The van der Waals surface area contributed by atoms with Crippen LogP contribution >= 0.6 is 21.6 Å². The minimum absolute atomic E-state index is 0.0542. The van der Waals surface area contributed by atoms with Gasteiger partial charge in [-0.3, -0.25) is 14.4 Å². The lowest BCUT2D eigenvalue weighted by molar-refractivity contribution is -0.146. The van der Waals surface area contributed by atoms with Gasteiger partial charge in [0.2, 0.25) is 11.8 Å². The van der Waals surface area contributed by atoms with Crippen molar-refractivity contribution < 1.29 is 38.9 Å². The van der Waals surface area contributed by atoms with Crippen LogP contribution < -0.4 is 10.6 Å². The third kappa shape index (κ3) is 13.9. The highest BCUT2D eigenvalue weighted by Gasteiger charge is 2.23. The third-order valence-electron chi connectivity index (χ3n) is 3.87. The molecule has 0 aliphatic carbocycles. The van der Waals surface area contributed by atoms with E-state index in [0.717, 1.165) is 0 Å². The van der Waals surface area contributed by atoms with Gasteiger partial charge in [-0.25, -0.2) is 9.59 Å². The molecule has 0 spiro atoms. The fourth-order valence-corrected chi connectivity index (χ4v) is 4.00. The molecule has 0 fully saturated rings. The minimum Gasteiger partial charge on any atom is -0.480 e. The SMILES string of the molecule is CC(C)C(=O)NC(CCCC(=O)NC(CSSCCOC(=O)C(C)C)C(=O)O)C(=O)O. The predicted molar refractivity (Wildman–Crippen MR) is 119 cm³/mol. The van der Waals surface area contributed by atoms with Crippen LogP contribution in [0.5, 0.6) is 0 Å². The first-order valence-electron chi connectivity index (χ1n) is 9.92. The standard InChI is InChI=1S/C19H32N2O8S2/c1-11(2)16(23)21-13(17(24)25)6-5-7-15(22)20-14(18(26)27)10-31-30-9-8-29-19(28)12(3)4/h11-14H,5-10H2,1-4H3,(H,20,22)(H,21,23)(H,24,25)(H,26,27). The maximum absolute atomic E-state index is 12.0. The van der Waals surface area contributed by atoms with E-state index in [4.69, 9.17) is 4.74 Å². The summed E-state index contributed by atoms with van der Waals surface area (Å²) in [6.45, 7) is 6.96. The van der Waals surface area contributed by atoms with Gasteiger partial charge >= 0.3 is 17.9 Å². The zero-order valence-corrected chi connectivity index (χ0v) is 19.8. The van der Waals surface area contributed by atoms with Crippen LogP contribution in [0.3, 0.4) is 0 Å². The van der Waals surface area contributed by atoms with Crippen molar-refractivity contribution in [3.05, 3.63) is 0 Å². The van der Waals surface area contributed by atoms with Crippen LogP contribution in [0.4, 0.5) is 0 Å². The molecule has 2 atom stereocenters. The molecular formula is C19H32N2O8S2. The smallest absolute Gasteiger partial charge is 0.327 e. The van der Waals surface area contributed by atoms with Crippen LogP contribution in [0.1, 0.15) is 47.0 Å². The summed E-state index contributed by atoms with van der Waals surface area (Å²) < 4.78 is 5.01. The van der Waals surface area contributed by atoms with E-state index in [0.29, 0.717) is 5.75 Å². The molecule has 2 amide bonds. The summed E-state index contributed by atoms with van der Waals surface area (Å²) in [5.41, 5.74) is 0. The summed E-state index contributed by atoms with van der Waals surface area (Å²) >= 11 is 0. The molecule has 0 saturated heterocycles. The fourth-order valence-electron chi connectivity index (χ4n) is 2.02. The van der Waals surface area contributed by atoms with Crippen LogP contribution in [0.2, 0.25) is 0 Å². The summed E-state index contributed by atoms with van der Waals surface area (Å²) in [6.07, 6.45) is 0.170. The Morgan fingerprint density at radius 1 is 0.871 bits per heavy atom. The number of hydrogen-bond donors (Lipinski definition) is 4. The molecule has 4 N–H and O–H groups in total. The van der Waals surface area contributed by atoms with Crippen LogP contribution in [0, 0.1) is 11.8 Å². The van der Waals surface area contributed by atoms with E-state index in [1.165, 1.54) is 21.6 Å². The van der Waals surface area contributed by atoms with Crippen molar-refractivity contribution in [2.75, 3.05) is 18.1 Å². The number of carboxylic acids is 2. The van der Waals surface area contributed by atoms with Gasteiger partial charge in [0.1, 0.15) is 18.7 Å². The van der Waals surface area contributed by atoms with Crippen molar-refractivity contribution in [2.24, 2.45) is 11.8 Å². The van der Waals surface area contributed by atoms with E-state index >= 15 is 0 Å². The van der Waals surface area contributed by atoms with Gasteiger partial charge in [-0.05, 0) is 12.8 Å². The fraction of sp³-hybridized carbons (Fsp3) is 0.737. The van der Waals surface area contributed by atoms with Crippen molar-refractivity contribution in [1.29, 1.82) is 0 Å². The predicted octanol–water partition coefficient (Wildman–Crippen LogP) is 1.53. The zero-order chi connectivity index (χ0) is 24.0. The first-order valence-corrected chi connectivity index (χ1v) is 12.4. The van der Waals surface area contributed by atoms with Crippen molar-refractivity contribution in [2.45, 2.75) is 59.0 Å². The van der Waals surface area contributed by atoms with Crippen LogP contribution in [0.15, 0.2) is 0 Å². The Kier molecular flexibility index (Phi) is 14.8. The first kappa shape index (κ1) is 29.1. The molecule has 0 rings (SSSR count). The molecule has 0 aliphatic rings. The summed E-state index contributed by atoms with van der Waals surface area (Å²) in [6, 6.07) is -2.20. The maximum Gasteiger partial charge on any atom is 0.327 e. The molecule has 12 heteroatoms. The van der Waals surface area contributed by atoms with E-state index in [-0.39, 0.29) is 49.4 Å². The lowest BCUT2D eigenvalue weighted by Gasteiger charge is -2.17. The number of aliphatic carboxylic acids is 2. The number of rotatable bonds is 16. The molecule has 0 aromatic rings. The van der Waals surface area contributed by atoms with Gasteiger partial charge in [0, 0.05) is 23.8 Å². The Balaban J connectivity index is 4.26. The summed E-state index contributed by atoms with van der Waals surface area (Å²) in [4.78, 5) is 57.6. The Morgan fingerprint density at radius 2 is 1.48 bits per heavy atom. The minimum atomic E-state index is -1.19. The zero-order valence-electron chi connectivity index (χ0n) is 18.2. The molecule has 0 heterocycles. The molecule has 10 nitrogen and oxygen atoms in total. The number of carbonyl (C=O) groups is 5. The van der Waals surface area contributed by atoms with Crippen LogP contribution in [-0.2, 0) is 28.7 Å². The molecule has 0 aliphatic heterocycles. The Hall–Kier alpha value is -1.95. The van der Waals surface area contributed by atoms with Crippen molar-refractivity contribution in [3.63, 3.8) is 0 Å². The highest BCUT2D eigenvalue weighted by atomic mass is 33.1. The van der Waals surface area contributed by atoms with Crippen molar-refractivity contribution in [1.82, 2.24) is 10.6 Å². The summed E-state index contributed by atoms with van der Waals surface area (Å²) in [7, 11) is 2.57. The van der Waals surface area contributed by atoms with E-state index < -0.39 is 35.8 Å². The lowest BCUT2D eigenvalue weighted by atomic mass is 10.1. The third-order valence-corrected chi connectivity index (χ3v) is 6.25. The Morgan fingerprint density at radius 3 is 2.00 bits per heavy atom. The van der Waals surface area contributed by atoms with Gasteiger partial charge in [-0.1, -0.05) is 49.3 Å². The monoisotopic (exact) mass is 480 g/mol. The van der Waals surface area contributed by atoms with E-state index in [2.05, 4.69) is 10.6 Å². The average Bonchev–Trinajstić information content (AvgIpc) is 2.67. The van der Waals surface area contributed by atoms with E-state index in [1.807, 2.05) is 0 Å². The number of esters is 1. The van der Waals surface area contributed by atoms with Crippen molar-refractivity contribution in [3.8, 4) is 0 Å². The molecule has 0 aromatic carbocycles. The van der Waals surface area contributed by atoms with Gasteiger partial charge in [-0.2, -0.15) is 0 Å². The van der Waals surface area contributed by atoms with Gasteiger partial charge < -0.3 is 25.6 Å². The molecule has 2 unspecified atom stereocenters. The maximum atomic E-state index is 12.0. The van der Waals surface area contributed by atoms with Gasteiger partial charge in [0.25, 0.3) is 0 Å². The summed E-state index contributed by atoms with van der Waals surface area (Å²) in [5.74, 6) is -3.53. The number of carboxylic acid groups (broad SMARTS) is 2. The molecule has 0 radical (unpaired) electrons. The second-order valence-corrected chi connectivity index (χ2v) is 9.96. The van der Waals surface area contributed by atoms with Gasteiger partial charge in [-0.15, -0.1) is 0 Å². The van der Waals surface area contributed by atoms with Crippen LogP contribution in [-0.4, -0.2) is 70.1 Å². The molecule has 178 valence electrons. The number of ether oxygens (including phenoxy) is 1. The van der Waals surface area contributed by atoms with Gasteiger partial charge in [0.05, 0.1) is 5.92 Å². The molecular weight excluding hydrogens is 448 g/mol. The molecule has 0 bridgehead atoms. The van der Waals surface area contributed by atoms with Crippen molar-refractivity contribution >= 4 is 51.3 Å². The molecule has 31 heavy (non-hydrogen) atoms. The number of hydrogen-bond acceptors (Lipinski definition) is 8. The Labute approximate surface area is 190 Å². The van der Waals surface area contributed by atoms with E-state index in [9.17, 15) is 34.2 Å². The average molecular weight is 481 g/mol. The Bertz CT molecular complexity index is 628. The second-order valence-electron chi connectivity index (χ2n) is 7.33. The normalized spacial score (nSPS) is 12.8. The number of nitrogens with one attached hydrogen (secondary N) is 2. The highest BCUT2D eigenvalue weighted by molar-refractivity contribution is 8.76. The topological polar surface area (TPSA) is 159 Å². The van der Waals surface area contributed by atoms with Gasteiger partial charge in [0.15, 0.2) is 0 Å². The quantitative estimate of drug-likeness (QED) is 0.145. The van der Waals surface area contributed by atoms with Crippen LogP contribution in [0.25, 0.3) is 0 Å². The second kappa shape index (κ2) is 15.8. The first-order chi connectivity index (χ1) is 14.5. The lowest BCUT2D eigenvalue weighted by Crippen LogP contribution is -2.43. The number of carbonyl (C=O) groups excluding carboxylic acids is 3. The molecule has 0 aromatic heterocycles. The number of amides is 2. The molecule has 0 saturated carbocycles. The van der Waals surface area contributed by atoms with E-state index in [1.54, 1.807) is 27.7 Å². The highest BCUT2D eigenvalue weighted by Crippen LogP contribution is 2.22.